The summed E-state index contributed by atoms with van der Waals surface area (Å²) in [6.07, 6.45) is 19.2. The van der Waals surface area contributed by atoms with Gasteiger partial charge in [0.25, 0.3) is 0 Å². The molecule has 0 N–H and O–H groups in total. The van der Waals surface area contributed by atoms with Gasteiger partial charge >= 0.3 is 26.2 Å². The van der Waals surface area contributed by atoms with Gasteiger partial charge in [0, 0.05) is 17.6 Å². The van der Waals surface area contributed by atoms with E-state index in [-0.39, 0.29) is 72.7 Å². The Morgan fingerprint density at radius 1 is 0.279 bits per heavy atom. The van der Waals surface area contributed by atoms with E-state index in [0.29, 0.717) is 23.7 Å². The summed E-state index contributed by atoms with van der Waals surface area (Å²) in [5.74, 6) is 2.42. The van der Waals surface area contributed by atoms with Crippen LogP contribution in [0.1, 0.15) is 253 Å². The van der Waals surface area contributed by atoms with Gasteiger partial charge in [0.1, 0.15) is 0 Å². The molecule has 12 aromatic carbocycles. The predicted octanol–water partition coefficient (Wildman–Crippen LogP) is 20.0. The second-order valence-electron chi connectivity index (χ2n) is 39.9. The summed E-state index contributed by atoms with van der Waals surface area (Å²) >= 11 is 0. The van der Waals surface area contributed by atoms with Gasteiger partial charge < -0.3 is 24.8 Å². The van der Waals surface area contributed by atoms with Crippen molar-refractivity contribution in [3.8, 4) is 44.5 Å². The maximum absolute atomic E-state index is 2.67. The van der Waals surface area contributed by atoms with Crippen molar-refractivity contribution in [2.75, 3.05) is 0 Å². The van der Waals surface area contributed by atoms with E-state index in [1.165, 1.54) is 165 Å². The summed E-state index contributed by atoms with van der Waals surface area (Å²) in [5, 5.41) is 19.0. The minimum atomic E-state index is -1.14. The van der Waals surface area contributed by atoms with Gasteiger partial charge in [0.05, 0.1) is 0 Å². The molecule has 4 aliphatic carbocycles. The molecular weight excluding hydrogens is 1490 g/mol. The molecule has 0 aromatic heterocycles. The number of hydrogen-bond acceptors (Lipinski definition) is 0. The summed E-state index contributed by atoms with van der Waals surface area (Å²) < 4.78 is 0. The van der Waals surface area contributed by atoms with E-state index in [0.717, 1.165) is 25.7 Å². The minimum absolute atomic E-state index is 0. The number of halogens is 2. The normalized spacial score (nSPS) is 14.4. The first-order valence-electron chi connectivity index (χ1n) is 42.4. The van der Waals surface area contributed by atoms with Crippen molar-refractivity contribution >= 4 is 81.4 Å². The molecule has 0 amide bonds. The monoisotopic (exact) mass is 1610 g/mol. The van der Waals surface area contributed by atoms with Gasteiger partial charge in [-0.15, -0.1) is 110 Å². The third-order valence-electron chi connectivity index (χ3n) is 25.6. The molecule has 0 aliphatic heterocycles. The van der Waals surface area contributed by atoms with Crippen molar-refractivity contribution < 1.29 is 51.0 Å². The smallest absolute Gasteiger partial charge is 1.00 e. The average molecular weight is 1620 g/mol. The summed E-state index contributed by atoms with van der Waals surface area (Å²) in [5.41, 5.74) is 37.2. The molecule has 0 heterocycles. The molecule has 111 heavy (non-hydrogen) atoms. The summed E-state index contributed by atoms with van der Waals surface area (Å²) in [6.45, 7) is 52.6. The van der Waals surface area contributed by atoms with Crippen LogP contribution in [-0.2, 0) is 125 Å². The van der Waals surface area contributed by atoms with E-state index in [9.17, 15) is 0 Å². The zero-order valence-electron chi connectivity index (χ0n) is 71.7. The van der Waals surface area contributed by atoms with Crippen molar-refractivity contribution in [3.63, 3.8) is 0 Å². The SMILES string of the molecule is CC(C)Cc1cc2c(-c3ccc(C(C)(C)C)cc3)c3c(cc2[c-]1[Si](C)[c-]1c(CC(C)C)cc2c(-c4ccc(C(C)(C)C)cc4)c4c(cc21)CCC4)CCC3.CC(C)Cc1cc2c(-c3ccc(C(C)(C)C)cc3)c3c(cc2[c-]1[Si](C)[c-]1c(CC(C)C)cc2c(-c4ccc(C(C)(C)C)cc4)c4c(cc21)CCC4)CCC3.[Cl-].[Cl-].[Zr+2]. The van der Waals surface area contributed by atoms with Gasteiger partial charge in [-0.3, -0.25) is 0 Å². The fourth-order valence-corrected chi connectivity index (χ4v) is 26.0. The fourth-order valence-electron chi connectivity index (χ4n) is 20.4. The summed E-state index contributed by atoms with van der Waals surface area (Å²) in [7, 11) is -2.28. The summed E-state index contributed by atoms with van der Waals surface area (Å²) in [6, 6.07) is 60.0. The Morgan fingerprint density at radius 2 is 0.459 bits per heavy atom. The van der Waals surface area contributed by atoms with Crippen LogP contribution in [0.2, 0.25) is 13.1 Å². The van der Waals surface area contributed by atoms with E-state index < -0.39 is 17.6 Å². The van der Waals surface area contributed by atoms with Gasteiger partial charge in [-0.2, -0.15) is 24.3 Å². The van der Waals surface area contributed by atoms with Gasteiger partial charge in [0.2, 0.25) is 0 Å². The van der Waals surface area contributed by atoms with Crippen LogP contribution in [0.3, 0.4) is 0 Å². The standard InChI is InChI=1S/2C53H63Si.2ClH.Zr/c2*1-32(2)26-38-30-44-46(28-36-14-12-16-42(36)48(44)34-18-22-40(23-19-34)52(5,6)7)50(38)54(11)51-39(27-33(3)4)31-45-47(51)29-37-15-13-17-43(37)49(45)35-20-24-41(25-21-35)53(8,9)10;;;/h2*18-25,28-33H,12-17,26-27H2,1-11H3;2*1H;/q2*-2;;;+2/p-2. The van der Waals surface area contributed by atoms with Gasteiger partial charge in [-0.05, 0) is 193 Å². The van der Waals surface area contributed by atoms with Crippen molar-refractivity contribution in [1.82, 2.24) is 0 Å². The van der Waals surface area contributed by atoms with Crippen LogP contribution in [0.25, 0.3) is 87.6 Å². The molecule has 0 saturated carbocycles. The van der Waals surface area contributed by atoms with Crippen LogP contribution >= 0.6 is 0 Å². The average Bonchev–Trinajstić information content (AvgIpc) is 1.58. The van der Waals surface area contributed by atoms with Crippen molar-refractivity contribution in [2.45, 2.75) is 276 Å². The molecule has 0 bridgehead atoms. The second-order valence-corrected chi connectivity index (χ2v) is 44.4. The third-order valence-corrected chi connectivity index (χ3v) is 30.9. The quantitative estimate of drug-likeness (QED) is 0.0668. The number of fused-ring (bicyclic) bond motifs is 8. The van der Waals surface area contributed by atoms with Crippen LogP contribution < -0.4 is 45.6 Å². The first-order valence-corrected chi connectivity index (χ1v) is 46.4. The Bertz CT molecular complexity index is 4690. The molecule has 580 valence electrons. The van der Waals surface area contributed by atoms with Crippen LogP contribution in [0.4, 0.5) is 0 Å². The molecule has 4 aliphatic rings. The Morgan fingerprint density at radius 3 is 0.622 bits per heavy atom. The number of hydrogen-bond donors (Lipinski definition) is 0. The molecule has 0 unspecified atom stereocenters. The van der Waals surface area contributed by atoms with E-state index in [4.69, 9.17) is 0 Å². The van der Waals surface area contributed by atoms with E-state index in [2.05, 4.69) is 297 Å². The molecule has 5 heteroatoms. The third kappa shape index (κ3) is 16.3. The van der Waals surface area contributed by atoms with Crippen molar-refractivity contribution in [1.29, 1.82) is 0 Å². The first-order chi connectivity index (χ1) is 51.2. The Labute approximate surface area is 705 Å². The molecule has 0 spiro atoms. The summed E-state index contributed by atoms with van der Waals surface area (Å²) in [4.78, 5) is 0. The topological polar surface area (TPSA) is 0 Å². The molecule has 0 saturated heterocycles. The molecule has 0 fully saturated rings. The predicted molar refractivity (Wildman–Crippen MR) is 479 cm³/mol. The molecular formula is C106H126Cl2Si2Zr-4. The number of benzene rings is 8. The largest absolute Gasteiger partial charge is 2.00 e. The molecule has 0 nitrogen and oxygen atoms in total. The van der Waals surface area contributed by atoms with E-state index in [1.54, 1.807) is 109 Å². The maximum Gasteiger partial charge on any atom is 2.00 e. The van der Waals surface area contributed by atoms with E-state index >= 15 is 0 Å². The van der Waals surface area contributed by atoms with Crippen molar-refractivity contribution in [2.24, 2.45) is 23.7 Å². The second kappa shape index (κ2) is 32.6. The first kappa shape index (κ1) is 84.5. The zero-order chi connectivity index (χ0) is 76.5. The molecule has 16 rings (SSSR count). The molecule has 2 radical (unpaired) electrons. The van der Waals surface area contributed by atoms with Crippen molar-refractivity contribution in [3.05, 3.63) is 235 Å². The van der Waals surface area contributed by atoms with Gasteiger partial charge in [-0.25, -0.2) is 0 Å². The maximum atomic E-state index is 2.67. The number of aryl methyl sites for hydroxylation is 4. The Kier molecular flexibility index (Phi) is 24.9. The fraction of sp³-hybridized carbons (Fsp3) is 0.434. The van der Waals surface area contributed by atoms with Gasteiger partial charge in [-0.1, -0.05) is 315 Å². The molecule has 12 aromatic rings. The molecule has 0 atom stereocenters. The van der Waals surface area contributed by atoms with Gasteiger partial charge in [0.15, 0.2) is 0 Å². The van der Waals surface area contributed by atoms with Crippen LogP contribution in [0, 0.1) is 23.7 Å². The Balaban J connectivity index is 0.000000201. The minimum Gasteiger partial charge on any atom is -1.00 e. The van der Waals surface area contributed by atoms with Crippen LogP contribution in [0.15, 0.2) is 146 Å². The van der Waals surface area contributed by atoms with Crippen LogP contribution in [-0.4, -0.2) is 17.6 Å². The Hall–Kier alpha value is -5.90. The zero-order valence-corrected chi connectivity index (χ0v) is 77.7. The van der Waals surface area contributed by atoms with E-state index in [1.807, 2.05) is 0 Å². The number of rotatable bonds is 16. The van der Waals surface area contributed by atoms with Crippen LogP contribution in [0.5, 0.6) is 0 Å².